The van der Waals surface area contributed by atoms with Crippen LogP contribution in [0.1, 0.15) is 12.0 Å². The summed E-state index contributed by atoms with van der Waals surface area (Å²) in [6, 6.07) is 13.9. The number of fused-ring (bicyclic) bond motifs is 1. The van der Waals surface area contributed by atoms with Crippen molar-refractivity contribution >= 4 is 32.6 Å². The Labute approximate surface area is 130 Å². The zero-order valence-electron chi connectivity index (χ0n) is 12.5. The first-order chi connectivity index (χ1) is 10.5. The van der Waals surface area contributed by atoms with Crippen LogP contribution in [-0.2, 0) is 14.6 Å². The zero-order valence-corrected chi connectivity index (χ0v) is 13.3. The second-order valence-electron chi connectivity index (χ2n) is 5.18. The molecule has 22 heavy (non-hydrogen) atoms. The summed E-state index contributed by atoms with van der Waals surface area (Å²) in [5.74, 6) is -0.137. The normalized spacial score (nSPS) is 11.9. The Hall–Kier alpha value is -2.14. The van der Waals surface area contributed by atoms with Crippen molar-refractivity contribution < 1.29 is 13.2 Å². The lowest BCUT2D eigenvalue weighted by atomic mass is 10.0. The van der Waals surface area contributed by atoms with Gasteiger partial charge in [0.05, 0.1) is 5.75 Å². The third-order valence-corrected chi connectivity index (χ3v) is 4.26. The molecule has 0 aliphatic carbocycles. The van der Waals surface area contributed by atoms with E-state index in [1.807, 2.05) is 42.5 Å². The van der Waals surface area contributed by atoms with E-state index in [9.17, 15) is 13.2 Å². The highest BCUT2D eigenvalue weighted by molar-refractivity contribution is 7.90. The maximum atomic E-state index is 11.7. The molecule has 5 heteroatoms. The Morgan fingerprint density at radius 1 is 1.14 bits per heavy atom. The third kappa shape index (κ3) is 5.00. The first kappa shape index (κ1) is 16.2. The van der Waals surface area contributed by atoms with E-state index in [4.69, 9.17) is 0 Å². The predicted molar refractivity (Wildman–Crippen MR) is 90.3 cm³/mol. The van der Waals surface area contributed by atoms with Crippen molar-refractivity contribution in [1.82, 2.24) is 5.32 Å². The second kappa shape index (κ2) is 7.22. The summed E-state index contributed by atoms with van der Waals surface area (Å²) in [5, 5.41) is 4.90. The number of hydrogen-bond acceptors (Lipinski definition) is 3. The van der Waals surface area contributed by atoms with Crippen molar-refractivity contribution in [2.24, 2.45) is 0 Å². The van der Waals surface area contributed by atoms with E-state index in [1.54, 1.807) is 6.08 Å². The number of carbonyl (C=O) groups excluding carboxylic acids is 1. The number of benzene rings is 2. The molecule has 0 unspecified atom stereocenters. The quantitative estimate of drug-likeness (QED) is 0.657. The summed E-state index contributed by atoms with van der Waals surface area (Å²) in [6.07, 6.45) is 4.86. The minimum atomic E-state index is -2.97. The van der Waals surface area contributed by atoms with Crippen LogP contribution < -0.4 is 5.32 Å². The molecule has 0 fully saturated rings. The van der Waals surface area contributed by atoms with Crippen LogP contribution in [0.15, 0.2) is 48.5 Å². The van der Waals surface area contributed by atoms with Gasteiger partial charge in [0.25, 0.3) is 0 Å². The van der Waals surface area contributed by atoms with Gasteiger partial charge in [-0.3, -0.25) is 4.79 Å². The Bertz CT molecular complexity index is 789. The van der Waals surface area contributed by atoms with E-state index in [-0.39, 0.29) is 11.7 Å². The number of nitrogens with one attached hydrogen (secondary N) is 1. The molecule has 0 atom stereocenters. The van der Waals surface area contributed by atoms with Gasteiger partial charge in [0.2, 0.25) is 5.91 Å². The lowest BCUT2D eigenvalue weighted by molar-refractivity contribution is -0.116. The highest BCUT2D eigenvalue weighted by Crippen LogP contribution is 2.19. The van der Waals surface area contributed by atoms with E-state index in [0.717, 1.165) is 16.3 Å². The molecular formula is C17H19NO3S. The van der Waals surface area contributed by atoms with Gasteiger partial charge < -0.3 is 5.32 Å². The molecule has 116 valence electrons. The summed E-state index contributed by atoms with van der Waals surface area (Å²) in [4.78, 5) is 11.7. The standard InChI is InChI=1S/C17H19NO3S/c1-22(20,21)13-5-12-18-17(19)11-10-15-8-4-7-14-6-2-3-9-16(14)15/h2-4,6-11H,5,12-13H2,1H3,(H,18,19)/b11-10+. The summed E-state index contributed by atoms with van der Waals surface area (Å²) < 4.78 is 22.0. The van der Waals surface area contributed by atoms with Gasteiger partial charge in [-0.2, -0.15) is 0 Å². The molecule has 0 aliphatic rings. The van der Waals surface area contributed by atoms with Crippen molar-refractivity contribution in [2.75, 3.05) is 18.6 Å². The molecule has 0 aliphatic heterocycles. The fraction of sp³-hybridized carbons (Fsp3) is 0.235. The molecule has 0 aromatic heterocycles. The molecule has 1 N–H and O–H groups in total. The molecule has 0 spiro atoms. The first-order valence-electron chi connectivity index (χ1n) is 7.07. The van der Waals surface area contributed by atoms with Gasteiger partial charge in [-0.05, 0) is 28.8 Å². The largest absolute Gasteiger partial charge is 0.353 e. The molecule has 0 bridgehead atoms. The summed E-state index contributed by atoms with van der Waals surface area (Å²) in [6.45, 7) is 0.353. The average molecular weight is 317 g/mol. The second-order valence-corrected chi connectivity index (χ2v) is 7.44. The van der Waals surface area contributed by atoms with Crippen molar-refractivity contribution in [2.45, 2.75) is 6.42 Å². The fourth-order valence-electron chi connectivity index (χ4n) is 2.17. The monoisotopic (exact) mass is 317 g/mol. The molecule has 0 heterocycles. The van der Waals surface area contributed by atoms with Gasteiger partial charge in [-0.25, -0.2) is 8.42 Å². The number of carbonyl (C=O) groups is 1. The van der Waals surface area contributed by atoms with Crippen LogP contribution in [0.3, 0.4) is 0 Å². The molecule has 0 radical (unpaired) electrons. The molecule has 2 aromatic rings. The first-order valence-corrected chi connectivity index (χ1v) is 9.13. The van der Waals surface area contributed by atoms with E-state index >= 15 is 0 Å². The zero-order chi connectivity index (χ0) is 16.0. The summed E-state index contributed by atoms with van der Waals surface area (Å²) >= 11 is 0. The highest BCUT2D eigenvalue weighted by Gasteiger charge is 2.02. The van der Waals surface area contributed by atoms with Gasteiger partial charge in [-0.1, -0.05) is 42.5 Å². The van der Waals surface area contributed by atoms with Crippen LogP contribution in [0.25, 0.3) is 16.8 Å². The van der Waals surface area contributed by atoms with E-state index < -0.39 is 9.84 Å². The number of hydrogen-bond donors (Lipinski definition) is 1. The Morgan fingerprint density at radius 2 is 1.86 bits per heavy atom. The Morgan fingerprint density at radius 3 is 2.64 bits per heavy atom. The maximum Gasteiger partial charge on any atom is 0.243 e. The van der Waals surface area contributed by atoms with Crippen LogP contribution in [-0.4, -0.2) is 32.9 Å². The smallest absolute Gasteiger partial charge is 0.243 e. The average Bonchev–Trinajstić information content (AvgIpc) is 2.48. The molecule has 2 aromatic carbocycles. The van der Waals surface area contributed by atoms with E-state index in [0.29, 0.717) is 13.0 Å². The van der Waals surface area contributed by atoms with Crippen LogP contribution in [0.4, 0.5) is 0 Å². The van der Waals surface area contributed by atoms with Gasteiger partial charge in [0, 0.05) is 18.9 Å². The molecule has 2 rings (SSSR count). The molecule has 0 saturated heterocycles. The number of amides is 1. The number of sulfone groups is 1. The fourth-order valence-corrected chi connectivity index (χ4v) is 2.83. The van der Waals surface area contributed by atoms with Crippen LogP contribution in [0, 0.1) is 0 Å². The summed E-state index contributed by atoms with van der Waals surface area (Å²) in [5.41, 5.74) is 0.976. The summed E-state index contributed by atoms with van der Waals surface area (Å²) in [7, 11) is -2.97. The highest BCUT2D eigenvalue weighted by atomic mass is 32.2. The molecule has 4 nitrogen and oxygen atoms in total. The minimum absolute atomic E-state index is 0.0836. The predicted octanol–water partition coefficient (Wildman–Crippen LogP) is 2.40. The van der Waals surface area contributed by atoms with Crippen molar-refractivity contribution in [3.05, 3.63) is 54.1 Å². The third-order valence-electron chi connectivity index (χ3n) is 3.23. The number of rotatable bonds is 6. The minimum Gasteiger partial charge on any atom is -0.353 e. The Kier molecular flexibility index (Phi) is 5.33. The van der Waals surface area contributed by atoms with E-state index in [2.05, 4.69) is 5.32 Å². The van der Waals surface area contributed by atoms with Crippen molar-refractivity contribution in [3.63, 3.8) is 0 Å². The molecule has 0 saturated carbocycles. The van der Waals surface area contributed by atoms with Crippen LogP contribution in [0.2, 0.25) is 0 Å². The van der Waals surface area contributed by atoms with Crippen molar-refractivity contribution in [3.8, 4) is 0 Å². The van der Waals surface area contributed by atoms with E-state index in [1.165, 1.54) is 12.3 Å². The van der Waals surface area contributed by atoms with Gasteiger partial charge in [-0.15, -0.1) is 0 Å². The van der Waals surface area contributed by atoms with Crippen LogP contribution >= 0.6 is 0 Å². The molecule has 1 amide bonds. The van der Waals surface area contributed by atoms with Gasteiger partial charge >= 0.3 is 0 Å². The lowest BCUT2D eigenvalue weighted by Gasteiger charge is -2.03. The topological polar surface area (TPSA) is 63.2 Å². The van der Waals surface area contributed by atoms with Crippen molar-refractivity contribution in [1.29, 1.82) is 0 Å². The van der Waals surface area contributed by atoms with Gasteiger partial charge in [0.1, 0.15) is 9.84 Å². The van der Waals surface area contributed by atoms with Gasteiger partial charge in [0.15, 0.2) is 0 Å². The Balaban J connectivity index is 1.94. The lowest BCUT2D eigenvalue weighted by Crippen LogP contribution is -2.23. The maximum absolute atomic E-state index is 11.7. The van der Waals surface area contributed by atoms with Crippen LogP contribution in [0.5, 0.6) is 0 Å². The molecular weight excluding hydrogens is 298 g/mol. The SMILES string of the molecule is CS(=O)(=O)CCCNC(=O)/C=C/c1cccc2ccccc12.